The number of likely N-dealkylation sites (N-methyl/N-ethyl adjacent to an activating group) is 1. The predicted octanol–water partition coefficient (Wildman–Crippen LogP) is 2.30. The van der Waals surface area contributed by atoms with Crippen molar-refractivity contribution >= 4 is 11.8 Å². The molecule has 1 heterocycles. The first-order chi connectivity index (χ1) is 5.79. The first-order valence-corrected chi connectivity index (χ1v) is 4.71. The van der Waals surface area contributed by atoms with Gasteiger partial charge in [0.05, 0.1) is 5.70 Å². The Labute approximate surface area is 75.8 Å². The van der Waals surface area contributed by atoms with Gasteiger partial charge in [0.25, 0.3) is 0 Å². The molecule has 0 radical (unpaired) electrons. The molecule has 0 saturated heterocycles. The Morgan fingerprint density at radius 2 is 2.33 bits per heavy atom. The van der Waals surface area contributed by atoms with Gasteiger partial charge in [-0.3, -0.25) is 0 Å². The fourth-order valence-corrected chi connectivity index (χ4v) is 1.43. The van der Waals surface area contributed by atoms with Crippen LogP contribution in [-0.4, -0.2) is 18.2 Å². The van der Waals surface area contributed by atoms with E-state index in [1.807, 2.05) is 42.6 Å². The van der Waals surface area contributed by atoms with Crippen molar-refractivity contribution in [2.24, 2.45) is 5.18 Å². The first kappa shape index (κ1) is 9.06. The van der Waals surface area contributed by atoms with Crippen molar-refractivity contribution in [1.29, 1.82) is 0 Å². The molecule has 64 valence electrons. The largest absolute Gasteiger partial charge is 0.349 e. The van der Waals surface area contributed by atoms with Crippen LogP contribution in [0.1, 0.15) is 0 Å². The summed E-state index contributed by atoms with van der Waals surface area (Å²) in [6.45, 7) is 0. The molecule has 0 bridgehead atoms. The molecule has 0 amide bonds. The topological polar surface area (TPSA) is 32.7 Å². The molecule has 1 aliphatic rings. The van der Waals surface area contributed by atoms with Crippen LogP contribution >= 0.6 is 11.8 Å². The molecule has 3 nitrogen and oxygen atoms in total. The molecule has 1 rings (SSSR count). The molecule has 0 aromatic carbocycles. The number of hydrogen-bond acceptors (Lipinski definition) is 4. The van der Waals surface area contributed by atoms with Gasteiger partial charge in [-0.2, -0.15) is 0 Å². The van der Waals surface area contributed by atoms with Crippen molar-refractivity contribution in [3.05, 3.63) is 40.1 Å². The molecule has 4 heteroatoms. The highest BCUT2D eigenvalue weighted by atomic mass is 32.2. The maximum atomic E-state index is 10.4. The van der Waals surface area contributed by atoms with Gasteiger partial charge >= 0.3 is 0 Å². The number of rotatable bonds is 2. The van der Waals surface area contributed by atoms with Crippen LogP contribution in [0.3, 0.4) is 0 Å². The van der Waals surface area contributed by atoms with E-state index in [0.717, 1.165) is 5.70 Å². The van der Waals surface area contributed by atoms with E-state index >= 15 is 0 Å². The number of nitrogens with zero attached hydrogens (tertiary/aromatic N) is 2. The number of allylic oxidation sites excluding steroid dienone is 3. The first-order valence-electron chi connectivity index (χ1n) is 3.49. The summed E-state index contributed by atoms with van der Waals surface area (Å²) in [4.78, 5) is 12.2. The van der Waals surface area contributed by atoms with Gasteiger partial charge in [0.1, 0.15) is 0 Å². The molecule has 0 N–H and O–H groups in total. The molecule has 0 spiro atoms. The Hall–Kier alpha value is -1.03. The van der Waals surface area contributed by atoms with Crippen molar-refractivity contribution in [2.45, 2.75) is 0 Å². The summed E-state index contributed by atoms with van der Waals surface area (Å²) in [5, 5.41) is 3.46. The Balaban J connectivity index is 2.99. The summed E-state index contributed by atoms with van der Waals surface area (Å²) in [5.74, 6) is 0. The smallest absolute Gasteiger partial charge is 0.164 e. The van der Waals surface area contributed by atoms with Gasteiger partial charge in [-0.25, -0.2) is 0 Å². The predicted molar refractivity (Wildman–Crippen MR) is 52.4 cm³/mol. The van der Waals surface area contributed by atoms with Gasteiger partial charge in [-0.15, -0.1) is 16.7 Å². The van der Waals surface area contributed by atoms with E-state index < -0.39 is 0 Å². The molecule has 0 aromatic rings. The lowest BCUT2D eigenvalue weighted by Crippen LogP contribution is -2.11. The normalized spacial score (nSPS) is 19.7. The summed E-state index contributed by atoms with van der Waals surface area (Å²) in [5.41, 5.74) is 0.847. The second-order valence-corrected chi connectivity index (χ2v) is 3.09. The van der Waals surface area contributed by atoms with E-state index in [1.165, 1.54) is 11.8 Å². The second kappa shape index (κ2) is 4.11. The van der Waals surface area contributed by atoms with Gasteiger partial charge in [-0.05, 0) is 23.6 Å². The maximum absolute atomic E-state index is 10.4. The molecule has 12 heavy (non-hydrogen) atoms. The van der Waals surface area contributed by atoms with Gasteiger partial charge in [0.2, 0.25) is 0 Å². The minimum absolute atomic E-state index is 0.512. The highest BCUT2D eigenvalue weighted by Gasteiger charge is 2.08. The third-order valence-electron chi connectivity index (χ3n) is 1.55. The number of thioether (sulfide) groups is 1. The van der Waals surface area contributed by atoms with E-state index in [-0.39, 0.29) is 0 Å². The zero-order valence-electron chi connectivity index (χ0n) is 7.02. The van der Waals surface area contributed by atoms with Gasteiger partial charge in [0.15, 0.2) is 5.03 Å². The average molecular weight is 182 g/mol. The van der Waals surface area contributed by atoms with Crippen LogP contribution in [0.4, 0.5) is 0 Å². The zero-order valence-corrected chi connectivity index (χ0v) is 7.84. The quantitative estimate of drug-likeness (QED) is 0.614. The van der Waals surface area contributed by atoms with Crippen LogP contribution in [0.25, 0.3) is 0 Å². The van der Waals surface area contributed by atoms with Gasteiger partial charge < -0.3 is 4.90 Å². The third-order valence-corrected chi connectivity index (χ3v) is 2.22. The fraction of sp³-hybridized carbons (Fsp3) is 0.250. The molecule has 0 fully saturated rings. The lowest BCUT2D eigenvalue weighted by atomic mass is 10.3. The van der Waals surface area contributed by atoms with Crippen LogP contribution in [0, 0.1) is 4.91 Å². The van der Waals surface area contributed by atoms with Crippen molar-refractivity contribution in [1.82, 2.24) is 4.90 Å². The molecule has 0 aromatic heterocycles. The standard InChI is InChI=1S/C8H10N2OS/c1-10-6-4-3-5-7(10)8(9-11)12-2/h3-6H,1-2H3/b8-7-. The van der Waals surface area contributed by atoms with Crippen LogP contribution in [0.15, 0.2) is 40.3 Å². The minimum Gasteiger partial charge on any atom is -0.349 e. The molecular weight excluding hydrogens is 172 g/mol. The molecule has 0 aliphatic carbocycles. The van der Waals surface area contributed by atoms with Gasteiger partial charge in [0, 0.05) is 13.2 Å². The molecule has 0 saturated carbocycles. The third kappa shape index (κ3) is 1.76. The summed E-state index contributed by atoms with van der Waals surface area (Å²) in [6, 6.07) is 0. The SMILES string of the molecule is CS/C(N=O)=C1/C=CC=CN1C. The summed E-state index contributed by atoms with van der Waals surface area (Å²) in [6.07, 6.45) is 9.39. The zero-order chi connectivity index (χ0) is 8.97. The van der Waals surface area contributed by atoms with Gasteiger partial charge in [-0.1, -0.05) is 6.08 Å². The van der Waals surface area contributed by atoms with E-state index in [9.17, 15) is 4.91 Å². The lowest BCUT2D eigenvalue weighted by Gasteiger charge is -2.18. The second-order valence-electron chi connectivity index (χ2n) is 2.30. The highest BCUT2D eigenvalue weighted by Crippen LogP contribution is 2.23. The van der Waals surface area contributed by atoms with Crippen LogP contribution in [0.2, 0.25) is 0 Å². The van der Waals surface area contributed by atoms with Crippen molar-refractivity contribution in [3.8, 4) is 0 Å². The summed E-state index contributed by atoms with van der Waals surface area (Å²) in [7, 11) is 1.89. The fourth-order valence-electron chi connectivity index (χ4n) is 0.934. The van der Waals surface area contributed by atoms with Crippen molar-refractivity contribution in [3.63, 3.8) is 0 Å². The average Bonchev–Trinajstić information content (AvgIpc) is 2.10. The Morgan fingerprint density at radius 3 is 2.83 bits per heavy atom. The summed E-state index contributed by atoms with van der Waals surface area (Å²) >= 11 is 1.35. The molecule has 0 unspecified atom stereocenters. The molecular formula is C8H10N2OS. The maximum Gasteiger partial charge on any atom is 0.164 e. The van der Waals surface area contributed by atoms with Crippen molar-refractivity contribution in [2.75, 3.05) is 13.3 Å². The highest BCUT2D eigenvalue weighted by molar-refractivity contribution is 8.02. The van der Waals surface area contributed by atoms with Crippen LogP contribution < -0.4 is 0 Å². The van der Waals surface area contributed by atoms with E-state index in [2.05, 4.69) is 5.18 Å². The van der Waals surface area contributed by atoms with Crippen molar-refractivity contribution < 1.29 is 0 Å². The molecule has 0 atom stereocenters. The monoisotopic (exact) mass is 182 g/mol. The van der Waals surface area contributed by atoms with Crippen LogP contribution in [0.5, 0.6) is 0 Å². The van der Waals surface area contributed by atoms with E-state index in [0.29, 0.717) is 5.03 Å². The molecule has 1 aliphatic heterocycles. The van der Waals surface area contributed by atoms with Crippen LogP contribution in [-0.2, 0) is 0 Å². The van der Waals surface area contributed by atoms with E-state index in [4.69, 9.17) is 0 Å². The Kier molecular flexibility index (Phi) is 3.10. The lowest BCUT2D eigenvalue weighted by molar-refractivity contribution is 0.580. The number of hydrogen-bond donors (Lipinski definition) is 0. The summed E-state index contributed by atoms with van der Waals surface area (Å²) < 4.78 is 0. The Morgan fingerprint density at radius 1 is 1.58 bits per heavy atom. The number of nitroso groups, excluding NO2 is 1. The Bertz CT molecular complexity index is 268. The van der Waals surface area contributed by atoms with E-state index in [1.54, 1.807) is 0 Å². The minimum atomic E-state index is 0.512.